The van der Waals surface area contributed by atoms with E-state index in [4.69, 9.17) is 9.26 Å². The van der Waals surface area contributed by atoms with Crippen LogP contribution in [0.2, 0.25) is 0 Å². The van der Waals surface area contributed by atoms with Gasteiger partial charge in [-0.2, -0.15) is 0 Å². The Hall–Kier alpha value is -1.03. The Morgan fingerprint density at radius 3 is 2.85 bits per heavy atom. The molecular weight excluding hydrogens is 168 g/mol. The van der Waals surface area contributed by atoms with Crippen LogP contribution in [0, 0.1) is 6.92 Å². The predicted octanol–water partition coefficient (Wildman–Crippen LogP) is 1.57. The zero-order chi connectivity index (χ0) is 9.10. The third kappa shape index (κ3) is 2.21. The van der Waals surface area contributed by atoms with E-state index in [1.54, 1.807) is 0 Å². The lowest BCUT2D eigenvalue weighted by molar-refractivity contribution is 0.0903. The average Bonchev–Trinajstić information content (AvgIpc) is 2.53. The van der Waals surface area contributed by atoms with E-state index in [2.05, 4.69) is 10.5 Å². The summed E-state index contributed by atoms with van der Waals surface area (Å²) in [4.78, 5) is 0. The minimum absolute atomic E-state index is 0.484. The first-order valence-corrected chi connectivity index (χ1v) is 4.62. The molecule has 1 aliphatic heterocycles. The summed E-state index contributed by atoms with van der Waals surface area (Å²) < 4.78 is 10.2. The van der Waals surface area contributed by atoms with E-state index in [9.17, 15) is 0 Å². The molecule has 13 heavy (non-hydrogen) atoms. The lowest BCUT2D eigenvalue weighted by Crippen LogP contribution is -2.27. The molecule has 72 valence electrons. The van der Waals surface area contributed by atoms with Gasteiger partial charge >= 0.3 is 0 Å². The maximum atomic E-state index is 5.26. The first kappa shape index (κ1) is 8.56. The molecule has 1 fully saturated rings. The molecular formula is C9H14N2O2. The number of hydrogen-bond acceptors (Lipinski definition) is 4. The van der Waals surface area contributed by atoms with Crippen LogP contribution in [0.5, 0.6) is 0 Å². The van der Waals surface area contributed by atoms with Gasteiger partial charge < -0.3 is 14.6 Å². The van der Waals surface area contributed by atoms with Crippen LogP contribution < -0.4 is 5.32 Å². The second kappa shape index (κ2) is 3.79. The van der Waals surface area contributed by atoms with E-state index in [0.29, 0.717) is 6.04 Å². The minimum atomic E-state index is 0.484. The molecule has 0 saturated carbocycles. The molecule has 0 aromatic carbocycles. The minimum Gasteiger partial charge on any atom is -0.381 e. The van der Waals surface area contributed by atoms with E-state index < -0.39 is 0 Å². The van der Waals surface area contributed by atoms with E-state index >= 15 is 0 Å². The van der Waals surface area contributed by atoms with Crippen molar-refractivity contribution in [3.8, 4) is 0 Å². The summed E-state index contributed by atoms with van der Waals surface area (Å²) in [7, 11) is 0. The molecule has 0 unspecified atom stereocenters. The highest BCUT2D eigenvalue weighted by atomic mass is 16.5. The van der Waals surface area contributed by atoms with Crippen LogP contribution in [-0.4, -0.2) is 24.4 Å². The standard InChI is InChI=1S/C9H14N2O2/c1-7-6-9(11-13-7)10-8-2-4-12-5-3-8/h6,8H,2-5H2,1H3,(H,10,11). The third-order valence-electron chi connectivity index (χ3n) is 2.20. The van der Waals surface area contributed by atoms with Crippen LogP contribution in [0.4, 0.5) is 5.82 Å². The Morgan fingerprint density at radius 1 is 1.46 bits per heavy atom. The van der Waals surface area contributed by atoms with Gasteiger partial charge in [0.1, 0.15) is 5.76 Å². The summed E-state index contributed by atoms with van der Waals surface area (Å²) in [5, 5.41) is 7.20. The summed E-state index contributed by atoms with van der Waals surface area (Å²) in [5.74, 6) is 1.68. The molecule has 1 aromatic heterocycles. The Bertz CT molecular complexity index is 266. The maximum Gasteiger partial charge on any atom is 0.169 e. The fourth-order valence-corrected chi connectivity index (χ4v) is 1.49. The first-order valence-electron chi connectivity index (χ1n) is 4.62. The molecule has 1 aromatic rings. The lowest BCUT2D eigenvalue weighted by Gasteiger charge is -2.22. The first-order chi connectivity index (χ1) is 6.34. The van der Waals surface area contributed by atoms with Crippen molar-refractivity contribution in [3.63, 3.8) is 0 Å². The van der Waals surface area contributed by atoms with Gasteiger partial charge in [0.05, 0.1) is 0 Å². The van der Waals surface area contributed by atoms with Crippen molar-refractivity contribution in [2.24, 2.45) is 0 Å². The van der Waals surface area contributed by atoms with Gasteiger partial charge in [-0.25, -0.2) is 0 Å². The van der Waals surface area contributed by atoms with Crippen LogP contribution in [0.15, 0.2) is 10.6 Å². The van der Waals surface area contributed by atoms with Gasteiger partial charge in [0.2, 0.25) is 0 Å². The molecule has 0 atom stereocenters. The molecule has 0 amide bonds. The number of rotatable bonds is 2. The molecule has 4 nitrogen and oxygen atoms in total. The monoisotopic (exact) mass is 182 g/mol. The van der Waals surface area contributed by atoms with Crippen LogP contribution in [0.25, 0.3) is 0 Å². The highest BCUT2D eigenvalue weighted by Crippen LogP contribution is 2.14. The Labute approximate surface area is 77.2 Å². The summed E-state index contributed by atoms with van der Waals surface area (Å²) in [6.45, 7) is 3.57. The maximum absolute atomic E-state index is 5.26. The molecule has 1 saturated heterocycles. The van der Waals surface area contributed by atoms with Gasteiger partial charge in [0.15, 0.2) is 5.82 Å². The average molecular weight is 182 g/mol. The van der Waals surface area contributed by atoms with Crippen molar-refractivity contribution >= 4 is 5.82 Å². The number of aromatic nitrogens is 1. The Balaban J connectivity index is 1.89. The zero-order valence-electron chi connectivity index (χ0n) is 7.75. The number of nitrogens with zero attached hydrogens (tertiary/aromatic N) is 1. The van der Waals surface area contributed by atoms with Crippen LogP contribution in [0.3, 0.4) is 0 Å². The molecule has 1 N–H and O–H groups in total. The fraction of sp³-hybridized carbons (Fsp3) is 0.667. The van der Waals surface area contributed by atoms with Gasteiger partial charge in [-0.05, 0) is 19.8 Å². The van der Waals surface area contributed by atoms with Crippen molar-refractivity contribution in [1.82, 2.24) is 5.16 Å². The van der Waals surface area contributed by atoms with Crippen molar-refractivity contribution in [1.29, 1.82) is 0 Å². The Morgan fingerprint density at radius 2 is 2.23 bits per heavy atom. The summed E-state index contributed by atoms with van der Waals surface area (Å²) in [5.41, 5.74) is 0. The van der Waals surface area contributed by atoms with Crippen LogP contribution in [0.1, 0.15) is 18.6 Å². The van der Waals surface area contributed by atoms with Gasteiger partial charge in [0, 0.05) is 25.3 Å². The van der Waals surface area contributed by atoms with Crippen molar-refractivity contribution in [2.45, 2.75) is 25.8 Å². The summed E-state index contributed by atoms with van der Waals surface area (Å²) >= 11 is 0. The van der Waals surface area contributed by atoms with Gasteiger partial charge in [-0.15, -0.1) is 0 Å². The number of hydrogen-bond donors (Lipinski definition) is 1. The summed E-state index contributed by atoms with van der Waals surface area (Å²) in [6, 6.07) is 2.40. The van der Waals surface area contributed by atoms with Crippen LogP contribution in [-0.2, 0) is 4.74 Å². The van der Waals surface area contributed by atoms with E-state index in [1.165, 1.54) is 0 Å². The smallest absolute Gasteiger partial charge is 0.169 e. The summed E-state index contributed by atoms with van der Waals surface area (Å²) in [6.07, 6.45) is 2.10. The normalized spacial score (nSPS) is 18.8. The number of ether oxygens (including phenoxy) is 1. The zero-order valence-corrected chi connectivity index (χ0v) is 7.75. The second-order valence-electron chi connectivity index (χ2n) is 3.35. The van der Waals surface area contributed by atoms with E-state index in [1.807, 2.05) is 13.0 Å². The highest BCUT2D eigenvalue weighted by Gasteiger charge is 2.14. The molecule has 0 bridgehead atoms. The molecule has 2 heterocycles. The largest absolute Gasteiger partial charge is 0.381 e. The SMILES string of the molecule is Cc1cc(NC2CCOCC2)no1. The predicted molar refractivity (Wildman–Crippen MR) is 48.7 cm³/mol. The number of anilines is 1. The molecule has 2 rings (SSSR count). The molecule has 0 spiro atoms. The molecule has 0 aliphatic carbocycles. The molecule has 1 aliphatic rings. The lowest BCUT2D eigenvalue weighted by atomic mass is 10.1. The highest BCUT2D eigenvalue weighted by molar-refractivity contribution is 5.34. The van der Waals surface area contributed by atoms with Gasteiger partial charge in [-0.1, -0.05) is 5.16 Å². The van der Waals surface area contributed by atoms with Crippen molar-refractivity contribution < 1.29 is 9.26 Å². The topological polar surface area (TPSA) is 47.3 Å². The number of aryl methyl sites for hydroxylation is 1. The number of nitrogens with one attached hydrogen (secondary N) is 1. The molecule has 4 heteroatoms. The van der Waals surface area contributed by atoms with E-state index in [-0.39, 0.29) is 0 Å². The van der Waals surface area contributed by atoms with E-state index in [0.717, 1.165) is 37.6 Å². The van der Waals surface area contributed by atoms with Crippen LogP contribution >= 0.6 is 0 Å². The van der Waals surface area contributed by atoms with Gasteiger partial charge in [0.25, 0.3) is 0 Å². The van der Waals surface area contributed by atoms with Crippen molar-refractivity contribution in [3.05, 3.63) is 11.8 Å². The fourth-order valence-electron chi connectivity index (χ4n) is 1.49. The third-order valence-corrected chi connectivity index (χ3v) is 2.20. The second-order valence-corrected chi connectivity index (χ2v) is 3.35. The van der Waals surface area contributed by atoms with Crippen molar-refractivity contribution in [2.75, 3.05) is 18.5 Å². The van der Waals surface area contributed by atoms with Gasteiger partial charge in [-0.3, -0.25) is 0 Å². The molecule has 0 radical (unpaired) electrons. The quantitative estimate of drug-likeness (QED) is 0.754. The Kier molecular flexibility index (Phi) is 2.49.